The summed E-state index contributed by atoms with van der Waals surface area (Å²) < 4.78 is 0. The Morgan fingerprint density at radius 2 is 1.60 bits per heavy atom. The van der Waals surface area contributed by atoms with Crippen LogP contribution in [-0.4, -0.2) is 9.97 Å². The first-order chi connectivity index (χ1) is 7.29. The van der Waals surface area contributed by atoms with E-state index >= 15 is 0 Å². The third kappa shape index (κ3) is 2.10. The molecule has 0 spiro atoms. The van der Waals surface area contributed by atoms with Gasteiger partial charge in [-0.25, -0.2) is 9.97 Å². The van der Waals surface area contributed by atoms with Crippen LogP contribution in [0.5, 0.6) is 0 Å². The number of hydrogen-bond donors (Lipinski definition) is 0. The van der Waals surface area contributed by atoms with E-state index in [-0.39, 0.29) is 0 Å². The summed E-state index contributed by atoms with van der Waals surface area (Å²) >= 11 is 0. The molecule has 2 rings (SSSR count). The topological polar surface area (TPSA) is 25.8 Å². The molecule has 0 unspecified atom stereocenters. The third-order valence-corrected chi connectivity index (χ3v) is 2.26. The van der Waals surface area contributed by atoms with E-state index in [1.165, 1.54) is 0 Å². The summed E-state index contributed by atoms with van der Waals surface area (Å²) in [4.78, 5) is 8.33. The number of aromatic nitrogens is 2. The standard InChI is InChI=1S/C13H12N2/c1-3-11-4-6-12(7-5-11)13-8-14-10(2)15-9-13/h3-9H,1H2,2H3. The molecule has 2 aromatic rings. The van der Waals surface area contributed by atoms with Gasteiger partial charge in [-0.05, 0) is 18.1 Å². The second-order valence-electron chi connectivity index (χ2n) is 3.35. The van der Waals surface area contributed by atoms with Crippen molar-refractivity contribution in [3.05, 3.63) is 54.6 Å². The zero-order valence-corrected chi connectivity index (χ0v) is 8.64. The highest BCUT2D eigenvalue weighted by atomic mass is 14.8. The predicted molar refractivity (Wildman–Crippen MR) is 62.3 cm³/mol. The van der Waals surface area contributed by atoms with E-state index in [1.807, 2.05) is 49.7 Å². The number of hydrogen-bond acceptors (Lipinski definition) is 2. The Bertz CT molecular complexity index is 455. The maximum atomic E-state index is 4.17. The molecule has 15 heavy (non-hydrogen) atoms. The van der Waals surface area contributed by atoms with Crippen molar-refractivity contribution in [1.29, 1.82) is 0 Å². The van der Waals surface area contributed by atoms with Gasteiger partial charge in [0.25, 0.3) is 0 Å². The molecule has 0 aliphatic heterocycles. The molecular weight excluding hydrogens is 184 g/mol. The highest BCUT2D eigenvalue weighted by Gasteiger charge is 1.97. The average Bonchev–Trinajstić information content (AvgIpc) is 2.30. The quantitative estimate of drug-likeness (QED) is 0.737. The van der Waals surface area contributed by atoms with E-state index in [9.17, 15) is 0 Å². The van der Waals surface area contributed by atoms with Crippen LogP contribution in [0.3, 0.4) is 0 Å². The second-order valence-corrected chi connectivity index (χ2v) is 3.35. The summed E-state index contributed by atoms with van der Waals surface area (Å²) in [5.41, 5.74) is 3.28. The van der Waals surface area contributed by atoms with Gasteiger partial charge in [-0.15, -0.1) is 0 Å². The molecule has 1 aromatic heterocycles. The van der Waals surface area contributed by atoms with Crippen molar-refractivity contribution >= 4 is 6.08 Å². The van der Waals surface area contributed by atoms with E-state index < -0.39 is 0 Å². The van der Waals surface area contributed by atoms with Gasteiger partial charge in [0.2, 0.25) is 0 Å². The Balaban J connectivity index is 2.37. The summed E-state index contributed by atoms with van der Waals surface area (Å²) in [5.74, 6) is 0.793. The monoisotopic (exact) mass is 196 g/mol. The van der Waals surface area contributed by atoms with E-state index in [2.05, 4.69) is 16.5 Å². The first kappa shape index (κ1) is 9.59. The van der Waals surface area contributed by atoms with Gasteiger partial charge in [0.05, 0.1) is 0 Å². The second kappa shape index (κ2) is 4.05. The predicted octanol–water partition coefficient (Wildman–Crippen LogP) is 3.10. The van der Waals surface area contributed by atoms with Crippen molar-refractivity contribution in [2.75, 3.05) is 0 Å². The normalized spacial score (nSPS) is 9.93. The highest BCUT2D eigenvalue weighted by molar-refractivity contribution is 5.63. The van der Waals surface area contributed by atoms with Crippen LogP contribution in [0.15, 0.2) is 43.2 Å². The van der Waals surface area contributed by atoms with Crippen LogP contribution in [-0.2, 0) is 0 Å². The fourth-order valence-electron chi connectivity index (χ4n) is 1.35. The largest absolute Gasteiger partial charge is 0.241 e. The number of rotatable bonds is 2. The van der Waals surface area contributed by atoms with Gasteiger partial charge in [0.15, 0.2) is 0 Å². The first-order valence-corrected chi connectivity index (χ1v) is 4.81. The van der Waals surface area contributed by atoms with Crippen molar-refractivity contribution in [3.63, 3.8) is 0 Å². The molecule has 0 radical (unpaired) electrons. The highest BCUT2D eigenvalue weighted by Crippen LogP contribution is 2.18. The van der Waals surface area contributed by atoms with Crippen molar-refractivity contribution in [2.45, 2.75) is 6.92 Å². The van der Waals surface area contributed by atoms with E-state index in [0.29, 0.717) is 0 Å². The Kier molecular flexibility index (Phi) is 2.59. The van der Waals surface area contributed by atoms with Crippen LogP contribution in [0.4, 0.5) is 0 Å². The molecule has 1 heterocycles. The van der Waals surface area contributed by atoms with Crippen LogP contribution < -0.4 is 0 Å². The van der Waals surface area contributed by atoms with Crippen molar-refractivity contribution < 1.29 is 0 Å². The van der Waals surface area contributed by atoms with Crippen LogP contribution >= 0.6 is 0 Å². The maximum Gasteiger partial charge on any atom is 0.125 e. The van der Waals surface area contributed by atoms with Crippen molar-refractivity contribution in [2.24, 2.45) is 0 Å². The van der Waals surface area contributed by atoms with E-state index in [4.69, 9.17) is 0 Å². The summed E-state index contributed by atoms with van der Waals surface area (Å²) in [6, 6.07) is 8.15. The fraction of sp³-hybridized carbons (Fsp3) is 0.0769. The smallest absolute Gasteiger partial charge is 0.125 e. The third-order valence-electron chi connectivity index (χ3n) is 2.26. The maximum absolute atomic E-state index is 4.17. The Hall–Kier alpha value is -1.96. The Morgan fingerprint density at radius 1 is 1.00 bits per heavy atom. The van der Waals surface area contributed by atoms with Crippen LogP contribution in [0.25, 0.3) is 17.2 Å². The molecule has 74 valence electrons. The molecule has 1 aromatic carbocycles. The lowest BCUT2D eigenvalue weighted by Crippen LogP contribution is -1.87. The molecule has 0 saturated heterocycles. The minimum absolute atomic E-state index is 0.793. The molecule has 0 bridgehead atoms. The molecule has 0 amide bonds. The molecule has 0 N–H and O–H groups in total. The van der Waals surface area contributed by atoms with E-state index in [0.717, 1.165) is 22.5 Å². The fourth-order valence-corrected chi connectivity index (χ4v) is 1.35. The van der Waals surface area contributed by atoms with Crippen LogP contribution in [0.2, 0.25) is 0 Å². The van der Waals surface area contributed by atoms with Gasteiger partial charge in [-0.2, -0.15) is 0 Å². The SMILES string of the molecule is C=Cc1ccc(-c2cnc(C)nc2)cc1. The molecule has 0 atom stereocenters. The van der Waals surface area contributed by atoms with Crippen molar-refractivity contribution in [1.82, 2.24) is 9.97 Å². The van der Waals surface area contributed by atoms with E-state index in [1.54, 1.807) is 0 Å². The molecule has 2 heteroatoms. The minimum Gasteiger partial charge on any atom is -0.241 e. The average molecular weight is 196 g/mol. The number of nitrogens with zero attached hydrogens (tertiary/aromatic N) is 2. The van der Waals surface area contributed by atoms with Gasteiger partial charge < -0.3 is 0 Å². The van der Waals surface area contributed by atoms with Gasteiger partial charge in [-0.1, -0.05) is 36.9 Å². The lowest BCUT2D eigenvalue weighted by molar-refractivity contribution is 1.06. The minimum atomic E-state index is 0.793. The summed E-state index contributed by atoms with van der Waals surface area (Å²) in [6.45, 7) is 5.60. The Morgan fingerprint density at radius 3 is 2.13 bits per heavy atom. The van der Waals surface area contributed by atoms with Gasteiger partial charge in [0, 0.05) is 18.0 Å². The van der Waals surface area contributed by atoms with Crippen molar-refractivity contribution in [3.8, 4) is 11.1 Å². The van der Waals surface area contributed by atoms with Crippen LogP contribution in [0, 0.1) is 6.92 Å². The summed E-state index contributed by atoms with van der Waals surface area (Å²) in [5, 5.41) is 0. The lowest BCUT2D eigenvalue weighted by atomic mass is 10.1. The molecule has 0 saturated carbocycles. The molecular formula is C13H12N2. The zero-order valence-electron chi connectivity index (χ0n) is 8.64. The van der Waals surface area contributed by atoms with Gasteiger partial charge in [-0.3, -0.25) is 0 Å². The zero-order chi connectivity index (χ0) is 10.7. The molecule has 0 aliphatic rings. The van der Waals surface area contributed by atoms with Gasteiger partial charge >= 0.3 is 0 Å². The molecule has 2 nitrogen and oxygen atoms in total. The van der Waals surface area contributed by atoms with Gasteiger partial charge in [0.1, 0.15) is 5.82 Å². The Labute approximate surface area is 89.3 Å². The lowest BCUT2D eigenvalue weighted by Gasteiger charge is -2.01. The molecule has 0 fully saturated rings. The summed E-state index contributed by atoms with van der Waals surface area (Å²) in [6.07, 6.45) is 5.51. The van der Waals surface area contributed by atoms with Crippen LogP contribution in [0.1, 0.15) is 11.4 Å². The number of aryl methyl sites for hydroxylation is 1. The summed E-state index contributed by atoms with van der Waals surface area (Å²) in [7, 11) is 0. The number of benzene rings is 1. The first-order valence-electron chi connectivity index (χ1n) is 4.81. The molecule has 0 aliphatic carbocycles.